The fraction of sp³-hybridized carbons (Fsp3) is 0.229. The molecule has 0 saturated heterocycles. The lowest BCUT2D eigenvalue weighted by molar-refractivity contribution is 0.587. The van der Waals surface area contributed by atoms with Gasteiger partial charge in [0.05, 0.1) is 17.1 Å². The molecule has 0 N–H and O–H groups in total. The Bertz CT molecular complexity index is 3330. The average Bonchev–Trinajstić information content (AvgIpc) is 3.38. The Labute approximate surface area is 442 Å². The molecule has 4 heteroatoms. The van der Waals surface area contributed by atoms with Crippen LogP contribution < -0.4 is 31.1 Å². The molecule has 9 aromatic rings. The van der Waals surface area contributed by atoms with Crippen molar-refractivity contribution in [2.75, 3.05) is 14.7 Å². The summed E-state index contributed by atoms with van der Waals surface area (Å²) in [5, 5.41) is 0. The second kappa shape index (κ2) is 18.1. The second-order valence-corrected chi connectivity index (χ2v) is 24.6. The molecule has 368 valence electrons. The minimum atomic E-state index is -0.185. The van der Waals surface area contributed by atoms with E-state index < -0.39 is 0 Å². The maximum atomic E-state index is 2.69. The molecule has 0 radical (unpaired) electrons. The van der Waals surface area contributed by atoms with Crippen molar-refractivity contribution in [1.29, 1.82) is 0 Å². The van der Waals surface area contributed by atoms with Crippen LogP contribution in [0.2, 0.25) is 0 Å². The van der Waals surface area contributed by atoms with E-state index in [1.54, 1.807) is 0 Å². The first kappa shape index (κ1) is 48.7. The quantitative estimate of drug-likeness (QED) is 0.147. The largest absolute Gasteiger partial charge is 0.311 e. The molecule has 0 unspecified atom stereocenters. The summed E-state index contributed by atoms with van der Waals surface area (Å²) in [5.41, 5.74) is 23.8. The first-order valence-corrected chi connectivity index (χ1v) is 26.7. The predicted molar refractivity (Wildman–Crippen MR) is 321 cm³/mol. The van der Waals surface area contributed by atoms with E-state index >= 15 is 0 Å². The van der Waals surface area contributed by atoms with E-state index in [-0.39, 0.29) is 28.4 Å². The zero-order chi connectivity index (χ0) is 51.9. The first-order chi connectivity index (χ1) is 35.3. The molecule has 3 nitrogen and oxygen atoms in total. The fourth-order valence-electron chi connectivity index (χ4n) is 12.0. The van der Waals surface area contributed by atoms with Gasteiger partial charge in [-0.1, -0.05) is 253 Å². The van der Waals surface area contributed by atoms with Gasteiger partial charge >= 0.3 is 0 Å². The number of benzene rings is 9. The summed E-state index contributed by atoms with van der Waals surface area (Å²) < 4.78 is 0. The maximum absolute atomic E-state index is 2.69. The topological polar surface area (TPSA) is 9.72 Å². The van der Waals surface area contributed by atoms with Crippen LogP contribution in [-0.2, 0) is 21.7 Å². The molecule has 0 spiro atoms. The SMILES string of the molecule is CC(C)(C)c1ccccc1N1c2cc(N(c3ccccc3-c3ccccc3)c3ccccc3-c3ccccc3)cc3c2B(c2cccc(C(C)(C)C)c21)c1cccc(C(C)(C)C)c1N3c1ccccc1C(C)(C)C. The second-order valence-electron chi connectivity index (χ2n) is 24.6. The third kappa shape index (κ3) is 8.33. The van der Waals surface area contributed by atoms with Crippen LogP contribution in [0.5, 0.6) is 0 Å². The summed E-state index contributed by atoms with van der Waals surface area (Å²) in [5.74, 6) is 0. The lowest BCUT2D eigenvalue weighted by Gasteiger charge is -2.48. The van der Waals surface area contributed by atoms with Crippen LogP contribution in [0.3, 0.4) is 0 Å². The Morgan fingerprint density at radius 2 is 0.662 bits per heavy atom. The van der Waals surface area contributed by atoms with Gasteiger partial charge in [-0.3, -0.25) is 0 Å². The molecule has 0 bridgehead atoms. The van der Waals surface area contributed by atoms with Crippen molar-refractivity contribution >= 4 is 74.3 Å². The van der Waals surface area contributed by atoms with Crippen LogP contribution in [0, 0.1) is 0 Å². The van der Waals surface area contributed by atoms with E-state index in [1.165, 1.54) is 83.9 Å². The van der Waals surface area contributed by atoms with Crippen LogP contribution in [0.15, 0.2) is 206 Å². The van der Waals surface area contributed by atoms with Crippen molar-refractivity contribution in [2.24, 2.45) is 0 Å². The summed E-state index contributed by atoms with van der Waals surface area (Å²) in [7, 11) is 0. The smallest absolute Gasteiger partial charge is 0.252 e. The van der Waals surface area contributed by atoms with Gasteiger partial charge in [-0.2, -0.15) is 0 Å². The molecule has 11 rings (SSSR count). The third-order valence-corrected chi connectivity index (χ3v) is 15.3. The van der Waals surface area contributed by atoms with Crippen LogP contribution in [-0.4, -0.2) is 6.71 Å². The highest BCUT2D eigenvalue weighted by Gasteiger charge is 2.48. The number of fused-ring (bicyclic) bond motifs is 4. The minimum absolute atomic E-state index is 0.0681. The molecule has 9 aromatic carbocycles. The number of para-hydroxylation sites is 6. The monoisotopic (exact) mass is 964 g/mol. The first-order valence-electron chi connectivity index (χ1n) is 26.7. The molecule has 0 atom stereocenters. The van der Waals surface area contributed by atoms with Crippen LogP contribution in [0.1, 0.15) is 105 Å². The fourth-order valence-corrected chi connectivity index (χ4v) is 12.0. The van der Waals surface area contributed by atoms with Gasteiger partial charge in [-0.15, -0.1) is 0 Å². The van der Waals surface area contributed by atoms with Crippen LogP contribution in [0.4, 0.5) is 51.2 Å². The minimum Gasteiger partial charge on any atom is -0.311 e. The summed E-state index contributed by atoms with van der Waals surface area (Å²) >= 11 is 0. The van der Waals surface area contributed by atoms with Gasteiger partial charge in [-0.25, -0.2) is 0 Å². The summed E-state index contributed by atoms with van der Waals surface area (Å²) in [6, 6.07) is 77.5. The Hall–Kier alpha value is -7.56. The van der Waals surface area contributed by atoms with Crippen molar-refractivity contribution < 1.29 is 0 Å². The van der Waals surface area contributed by atoms with E-state index in [0.29, 0.717) is 0 Å². The van der Waals surface area contributed by atoms with Crippen LogP contribution in [0.25, 0.3) is 22.3 Å². The van der Waals surface area contributed by atoms with Crippen molar-refractivity contribution in [3.05, 3.63) is 229 Å². The van der Waals surface area contributed by atoms with Crippen molar-refractivity contribution in [2.45, 2.75) is 105 Å². The van der Waals surface area contributed by atoms with Gasteiger partial charge in [0.2, 0.25) is 0 Å². The number of anilines is 9. The van der Waals surface area contributed by atoms with Gasteiger partial charge in [0.15, 0.2) is 0 Å². The van der Waals surface area contributed by atoms with Gasteiger partial charge < -0.3 is 14.7 Å². The molecule has 74 heavy (non-hydrogen) atoms. The third-order valence-electron chi connectivity index (χ3n) is 15.3. The van der Waals surface area contributed by atoms with E-state index in [1.807, 2.05) is 0 Å². The molecule has 0 aromatic heterocycles. The molecular weight excluding hydrogens is 894 g/mol. The van der Waals surface area contributed by atoms with Gasteiger partial charge in [0.25, 0.3) is 6.71 Å². The Balaban J connectivity index is 1.37. The van der Waals surface area contributed by atoms with E-state index in [4.69, 9.17) is 0 Å². The van der Waals surface area contributed by atoms with Crippen LogP contribution >= 0.6 is 0 Å². The summed E-state index contributed by atoms with van der Waals surface area (Å²) in [4.78, 5) is 7.94. The van der Waals surface area contributed by atoms with Gasteiger partial charge in [0.1, 0.15) is 0 Å². The van der Waals surface area contributed by atoms with Crippen molar-refractivity contribution in [1.82, 2.24) is 0 Å². The van der Waals surface area contributed by atoms with Gasteiger partial charge in [-0.05, 0) is 108 Å². The Morgan fingerprint density at radius 1 is 0.324 bits per heavy atom. The molecular formula is C70H70BN3. The highest BCUT2D eigenvalue weighted by Crippen LogP contribution is 2.54. The lowest BCUT2D eigenvalue weighted by Crippen LogP contribution is -2.62. The normalized spacial score (nSPS) is 13.3. The molecule has 0 amide bonds. The molecule has 0 fully saturated rings. The number of hydrogen-bond acceptors (Lipinski definition) is 3. The predicted octanol–water partition coefficient (Wildman–Crippen LogP) is 17.8. The zero-order valence-electron chi connectivity index (χ0n) is 45.5. The van der Waals surface area contributed by atoms with Gasteiger partial charge in [0, 0.05) is 45.3 Å². The van der Waals surface area contributed by atoms with E-state index in [9.17, 15) is 0 Å². The van der Waals surface area contributed by atoms with E-state index in [0.717, 1.165) is 28.2 Å². The lowest BCUT2D eigenvalue weighted by atomic mass is 9.33. The molecule has 2 aliphatic heterocycles. The number of nitrogens with zero attached hydrogens (tertiary/aromatic N) is 3. The highest BCUT2D eigenvalue weighted by molar-refractivity contribution is 7.00. The van der Waals surface area contributed by atoms with Crippen molar-refractivity contribution in [3.63, 3.8) is 0 Å². The average molecular weight is 964 g/mol. The Morgan fingerprint density at radius 3 is 1.05 bits per heavy atom. The number of rotatable bonds is 7. The molecule has 0 saturated carbocycles. The Kier molecular flexibility index (Phi) is 11.9. The molecule has 2 aliphatic rings. The summed E-state index contributed by atoms with van der Waals surface area (Å²) in [6.45, 7) is 28.4. The number of hydrogen-bond donors (Lipinski definition) is 0. The standard InChI is InChI=1S/C70H70BN3/c1-67(2,3)52-35-21-25-43-60(52)73-62-45-49(72(58-41-23-19-33-50(58)47-29-15-13-16-30-47)59-42-24-20-34-51(59)48-31-17-14-18-32-48)46-63-64(62)71(56-39-27-37-54(65(56)73)69(7,8)9)57-40-28-38-55(70(10,11)12)66(57)74(63)61-44-26-22-36-53(61)68(4,5)6/h13-46H,1-12H3. The van der Waals surface area contributed by atoms with Crippen molar-refractivity contribution in [3.8, 4) is 22.3 Å². The highest BCUT2D eigenvalue weighted by atomic mass is 15.2. The maximum Gasteiger partial charge on any atom is 0.252 e. The molecule has 2 heterocycles. The van der Waals surface area contributed by atoms with E-state index in [2.05, 4.69) is 304 Å². The molecule has 0 aliphatic carbocycles. The zero-order valence-corrected chi connectivity index (χ0v) is 45.5. The summed E-state index contributed by atoms with van der Waals surface area (Å²) in [6.07, 6.45) is 0.